The smallest absolute Gasteiger partial charge is 0.308 e. The number of hydrogen-bond donors (Lipinski definition) is 0. The number of benzene rings is 2. The second-order valence-corrected chi connectivity index (χ2v) is 5.64. The summed E-state index contributed by atoms with van der Waals surface area (Å²) in [6.45, 7) is 1.31. The van der Waals surface area contributed by atoms with Crippen LogP contribution in [-0.4, -0.2) is 22.9 Å². The molecular weight excluding hydrogens is 339 g/mol. The Hall–Kier alpha value is -2.24. The molecule has 0 unspecified atom stereocenters. The van der Waals surface area contributed by atoms with Crippen LogP contribution >= 0.6 is 23.2 Å². The SMILES string of the molecule is COc1ccc2nn(-c3c(Cl)cc(OC(C)=O)cc3Cl)cc2c1. The van der Waals surface area contributed by atoms with Gasteiger partial charge in [-0.15, -0.1) is 0 Å². The molecule has 0 atom stereocenters. The van der Waals surface area contributed by atoms with E-state index in [0.717, 1.165) is 16.7 Å². The minimum Gasteiger partial charge on any atom is -0.497 e. The normalized spacial score (nSPS) is 10.8. The van der Waals surface area contributed by atoms with Crippen molar-refractivity contribution in [1.82, 2.24) is 9.78 Å². The van der Waals surface area contributed by atoms with E-state index in [1.54, 1.807) is 18.0 Å². The van der Waals surface area contributed by atoms with E-state index in [4.69, 9.17) is 32.7 Å². The molecule has 0 aliphatic rings. The molecule has 5 nitrogen and oxygen atoms in total. The Kier molecular flexibility index (Phi) is 4.15. The summed E-state index contributed by atoms with van der Waals surface area (Å²) in [5.74, 6) is 0.580. The highest BCUT2D eigenvalue weighted by molar-refractivity contribution is 6.38. The van der Waals surface area contributed by atoms with E-state index in [1.807, 2.05) is 18.2 Å². The molecule has 23 heavy (non-hydrogen) atoms. The van der Waals surface area contributed by atoms with Crippen LogP contribution < -0.4 is 9.47 Å². The molecule has 3 aromatic rings. The molecule has 0 spiro atoms. The highest BCUT2D eigenvalue weighted by atomic mass is 35.5. The molecule has 1 heterocycles. The number of carbonyl (C=O) groups excluding carboxylic acids is 1. The predicted molar refractivity (Wildman–Crippen MR) is 89.0 cm³/mol. The van der Waals surface area contributed by atoms with E-state index in [1.165, 1.54) is 19.1 Å². The van der Waals surface area contributed by atoms with Crippen molar-refractivity contribution in [3.05, 3.63) is 46.6 Å². The van der Waals surface area contributed by atoms with E-state index in [9.17, 15) is 4.79 Å². The van der Waals surface area contributed by atoms with Crippen molar-refractivity contribution in [2.24, 2.45) is 0 Å². The van der Waals surface area contributed by atoms with Crippen LogP contribution in [0.3, 0.4) is 0 Å². The molecule has 0 aliphatic heterocycles. The zero-order valence-corrected chi connectivity index (χ0v) is 13.9. The molecule has 0 fully saturated rings. The Morgan fingerprint density at radius 3 is 2.43 bits per heavy atom. The molecule has 0 bridgehead atoms. The van der Waals surface area contributed by atoms with Gasteiger partial charge in [-0.05, 0) is 18.2 Å². The number of aromatic nitrogens is 2. The summed E-state index contributed by atoms with van der Waals surface area (Å²) in [5.41, 5.74) is 1.29. The Balaban J connectivity index is 2.09. The van der Waals surface area contributed by atoms with Crippen molar-refractivity contribution >= 4 is 40.1 Å². The van der Waals surface area contributed by atoms with Crippen molar-refractivity contribution in [3.63, 3.8) is 0 Å². The molecule has 0 aliphatic carbocycles. The lowest BCUT2D eigenvalue weighted by molar-refractivity contribution is -0.131. The second kappa shape index (κ2) is 6.10. The number of esters is 1. The molecule has 0 radical (unpaired) electrons. The Labute approximate surface area is 142 Å². The van der Waals surface area contributed by atoms with Crippen molar-refractivity contribution < 1.29 is 14.3 Å². The first-order valence-corrected chi connectivity index (χ1v) is 7.45. The van der Waals surface area contributed by atoms with Gasteiger partial charge in [-0.3, -0.25) is 4.79 Å². The van der Waals surface area contributed by atoms with Crippen LogP contribution in [0.15, 0.2) is 36.5 Å². The van der Waals surface area contributed by atoms with Gasteiger partial charge in [-0.1, -0.05) is 23.2 Å². The number of nitrogens with zero attached hydrogens (tertiary/aromatic N) is 2. The van der Waals surface area contributed by atoms with E-state index in [0.29, 0.717) is 15.7 Å². The topological polar surface area (TPSA) is 53.4 Å². The second-order valence-electron chi connectivity index (χ2n) is 4.83. The van der Waals surface area contributed by atoms with Gasteiger partial charge >= 0.3 is 5.97 Å². The van der Waals surface area contributed by atoms with Gasteiger partial charge in [0.15, 0.2) is 0 Å². The zero-order chi connectivity index (χ0) is 16.6. The number of fused-ring (bicyclic) bond motifs is 1. The maximum absolute atomic E-state index is 11.0. The van der Waals surface area contributed by atoms with E-state index >= 15 is 0 Å². The Morgan fingerprint density at radius 2 is 1.83 bits per heavy atom. The van der Waals surface area contributed by atoms with E-state index < -0.39 is 5.97 Å². The monoisotopic (exact) mass is 350 g/mol. The summed E-state index contributed by atoms with van der Waals surface area (Å²) in [6, 6.07) is 8.59. The number of rotatable bonds is 3. The summed E-state index contributed by atoms with van der Waals surface area (Å²) in [6.07, 6.45) is 1.80. The molecule has 1 aromatic heterocycles. The van der Waals surface area contributed by atoms with Crippen molar-refractivity contribution in [2.75, 3.05) is 7.11 Å². The number of carbonyl (C=O) groups is 1. The third kappa shape index (κ3) is 3.11. The van der Waals surface area contributed by atoms with Gasteiger partial charge in [-0.25, -0.2) is 4.68 Å². The van der Waals surface area contributed by atoms with Gasteiger partial charge in [0.05, 0.1) is 22.7 Å². The fourth-order valence-electron chi connectivity index (χ4n) is 2.23. The molecule has 118 valence electrons. The van der Waals surface area contributed by atoms with Gasteiger partial charge in [0.1, 0.15) is 17.2 Å². The minimum atomic E-state index is -0.443. The molecule has 2 aromatic carbocycles. The molecular formula is C16H12Cl2N2O3. The van der Waals surface area contributed by atoms with Gasteiger partial charge in [0.25, 0.3) is 0 Å². The highest BCUT2D eigenvalue weighted by Gasteiger charge is 2.14. The summed E-state index contributed by atoms with van der Waals surface area (Å²) in [4.78, 5) is 11.0. The highest BCUT2D eigenvalue weighted by Crippen LogP contribution is 2.34. The van der Waals surface area contributed by atoms with Crippen LogP contribution in [0.2, 0.25) is 10.0 Å². The summed E-state index contributed by atoms with van der Waals surface area (Å²) < 4.78 is 11.8. The van der Waals surface area contributed by atoms with Crippen LogP contribution in [0.5, 0.6) is 11.5 Å². The lowest BCUT2D eigenvalue weighted by Crippen LogP contribution is -2.03. The number of methoxy groups -OCH3 is 1. The van der Waals surface area contributed by atoms with Crippen LogP contribution in [0.1, 0.15) is 6.92 Å². The fourth-order valence-corrected chi connectivity index (χ4v) is 2.87. The molecule has 0 amide bonds. The molecule has 7 heteroatoms. The zero-order valence-electron chi connectivity index (χ0n) is 12.3. The number of ether oxygens (including phenoxy) is 2. The standard InChI is InChI=1S/C16H12Cl2N2O3/c1-9(21)23-12-6-13(17)16(14(18)7-12)20-8-10-5-11(22-2)3-4-15(10)19-20/h3-8H,1-2H3. The van der Waals surface area contributed by atoms with Crippen molar-refractivity contribution in [3.8, 4) is 17.2 Å². The molecule has 0 saturated heterocycles. The summed E-state index contributed by atoms with van der Waals surface area (Å²) in [7, 11) is 1.60. The Morgan fingerprint density at radius 1 is 1.13 bits per heavy atom. The van der Waals surface area contributed by atoms with E-state index in [-0.39, 0.29) is 5.75 Å². The molecule has 3 rings (SSSR count). The molecule has 0 saturated carbocycles. The minimum absolute atomic E-state index is 0.287. The van der Waals surface area contributed by atoms with Crippen LogP contribution in [0, 0.1) is 0 Å². The van der Waals surface area contributed by atoms with Crippen molar-refractivity contribution in [1.29, 1.82) is 0 Å². The quantitative estimate of drug-likeness (QED) is 0.522. The van der Waals surface area contributed by atoms with E-state index in [2.05, 4.69) is 5.10 Å². The summed E-state index contributed by atoms with van der Waals surface area (Å²) in [5, 5.41) is 6.00. The summed E-state index contributed by atoms with van der Waals surface area (Å²) >= 11 is 12.6. The first kappa shape index (κ1) is 15.6. The van der Waals surface area contributed by atoms with Gasteiger partial charge in [0, 0.05) is 30.6 Å². The maximum atomic E-state index is 11.0. The largest absolute Gasteiger partial charge is 0.497 e. The first-order chi connectivity index (χ1) is 11.0. The maximum Gasteiger partial charge on any atom is 0.308 e. The average molecular weight is 351 g/mol. The first-order valence-electron chi connectivity index (χ1n) is 6.69. The fraction of sp³-hybridized carbons (Fsp3) is 0.125. The predicted octanol–water partition coefficient (Wildman–Crippen LogP) is 4.27. The van der Waals surface area contributed by atoms with Crippen LogP contribution in [-0.2, 0) is 4.79 Å². The lowest BCUT2D eigenvalue weighted by Gasteiger charge is -2.09. The van der Waals surface area contributed by atoms with Gasteiger partial charge in [-0.2, -0.15) is 5.10 Å². The average Bonchev–Trinajstić information content (AvgIpc) is 2.87. The third-order valence-corrected chi connectivity index (χ3v) is 3.77. The van der Waals surface area contributed by atoms with Crippen molar-refractivity contribution in [2.45, 2.75) is 6.92 Å². The Bertz CT molecular complexity index is 882. The van der Waals surface area contributed by atoms with Crippen LogP contribution in [0.25, 0.3) is 16.6 Å². The molecule has 0 N–H and O–H groups in total. The van der Waals surface area contributed by atoms with Gasteiger partial charge < -0.3 is 9.47 Å². The van der Waals surface area contributed by atoms with Crippen LogP contribution in [0.4, 0.5) is 0 Å². The third-order valence-electron chi connectivity index (χ3n) is 3.19. The number of halogens is 2. The van der Waals surface area contributed by atoms with Gasteiger partial charge in [0.2, 0.25) is 0 Å². The number of hydrogen-bond acceptors (Lipinski definition) is 4. The lowest BCUT2D eigenvalue weighted by atomic mass is 10.2.